The van der Waals surface area contributed by atoms with Crippen LogP contribution in [0.3, 0.4) is 0 Å². The highest BCUT2D eigenvalue weighted by molar-refractivity contribution is 5.99. The van der Waals surface area contributed by atoms with Crippen LogP contribution < -0.4 is 10.6 Å². The molecule has 1 aromatic heterocycles. The summed E-state index contributed by atoms with van der Waals surface area (Å²) in [5.41, 5.74) is 0.978. The molecule has 5 nitrogen and oxygen atoms in total. The smallest absolute Gasteiger partial charge is 0.255 e. The van der Waals surface area contributed by atoms with Gasteiger partial charge in [-0.2, -0.15) is 0 Å². The van der Waals surface area contributed by atoms with Gasteiger partial charge in [-0.3, -0.25) is 9.78 Å². The van der Waals surface area contributed by atoms with Crippen LogP contribution in [0.2, 0.25) is 0 Å². The first-order valence-corrected chi connectivity index (χ1v) is 6.60. The van der Waals surface area contributed by atoms with Crippen LogP contribution in [-0.4, -0.2) is 36.2 Å². The summed E-state index contributed by atoms with van der Waals surface area (Å²) in [6.45, 7) is 9.66. The van der Waals surface area contributed by atoms with Crippen LogP contribution in [0, 0.1) is 0 Å². The molecule has 1 rings (SSSR count). The van der Waals surface area contributed by atoms with Gasteiger partial charge in [-0.1, -0.05) is 0 Å². The van der Waals surface area contributed by atoms with Crippen LogP contribution in [0.1, 0.15) is 38.1 Å². The number of ether oxygens (including phenoxy) is 1. The molecule has 0 aliphatic heterocycles. The average molecular weight is 265 g/mol. The SMILES string of the molecule is CCNc1ccncc1C(=O)NCC(C)(C)OCC. The Kier molecular flexibility index (Phi) is 5.76. The van der Waals surface area contributed by atoms with E-state index in [1.54, 1.807) is 18.5 Å². The van der Waals surface area contributed by atoms with Crippen molar-refractivity contribution in [1.29, 1.82) is 0 Å². The molecule has 2 N–H and O–H groups in total. The number of hydrogen-bond acceptors (Lipinski definition) is 4. The second-order valence-electron chi connectivity index (χ2n) is 4.83. The first kappa shape index (κ1) is 15.4. The van der Waals surface area contributed by atoms with Crippen molar-refractivity contribution in [2.24, 2.45) is 0 Å². The molecule has 0 aromatic carbocycles. The predicted octanol–water partition coefficient (Wildman–Crippen LogP) is 2.06. The zero-order valence-corrected chi connectivity index (χ0v) is 12.1. The standard InChI is InChI=1S/C14H23N3O2/c1-5-16-12-7-8-15-9-11(12)13(18)17-10-14(3,4)19-6-2/h7-9H,5-6,10H2,1-4H3,(H,15,16)(H,17,18). The number of hydrogen-bond donors (Lipinski definition) is 2. The Morgan fingerprint density at radius 1 is 1.42 bits per heavy atom. The molecule has 0 atom stereocenters. The molecule has 0 unspecified atom stereocenters. The minimum Gasteiger partial charge on any atom is -0.385 e. The van der Waals surface area contributed by atoms with Gasteiger partial charge in [-0.15, -0.1) is 0 Å². The molecule has 0 bridgehead atoms. The molecule has 1 amide bonds. The Hall–Kier alpha value is -1.62. The maximum atomic E-state index is 12.1. The van der Waals surface area contributed by atoms with Gasteiger partial charge in [0.15, 0.2) is 0 Å². The van der Waals surface area contributed by atoms with Gasteiger partial charge in [0.2, 0.25) is 0 Å². The fraction of sp³-hybridized carbons (Fsp3) is 0.571. The highest BCUT2D eigenvalue weighted by Crippen LogP contribution is 2.14. The van der Waals surface area contributed by atoms with Gasteiger partial charge in [0.1, 0.15) is 0 Å². The average Bonchev–Trinajstić information content (AvgIpc) is 2.37. The van der Waals surface area contributed by atoms with Crippen LogP contribution in [0.5, 0.6) is 0 Å². The number of carbonyl (C=O) groups is 1. The van der Waals surface area contributed by atoms with Crippen LogP contribution in [0.4, 0.5) is 5.69 Å². The van der Waals surface area contributed by atoms with E-state index in [0.717, 1.165) is 12.2 Å². The van der Waals surface area contributed by atoms with Crippen molar-refractivity contribution in [3.05, 3.63) is 24.0 Å². The highest BCUT2D eigenvalue weighted by Gasteiger charge is 2.20. The zero-order valence-electron chi connectivity index (χ0n) is 12.1. The van der Waals surface area contributed by atoms with Gasteiger partial charge in [0, 0.05) is 32.1 Å². The van der Waals surface area contributed by atoms with E-state index in [1.165, 1.54) is 0 Å². The third-order valence-corrected chi connectivity index (χ3v) is 2.64. The number of nitrogens with one attached hydrogen (secondary N) is 2. The molecule has 5 heteroatoms. The van der Waals surface area contributed by atoms with Gasteiger partial charge in [-0.05, 0) is 33.8 Å². The van der Waals surface area contributed by atoms with Crippen LogP contribution in [-0.2, 0) is 4.74 Å². The molecule has 0 saturated heterocycles. The molecule has 19 heavy (non-hydrogen) atoms. The van der Waals surface area contributed by atoms with Gasteiger partial charge in [0.05, 0.1) is 16.9 Å². The third kappa shape index (κ3) is 4.87. The van der Waals surface area contributed by atoms with Gasteiger partial charge in [0.25, 0.3) is 5.91 Å². The summed E-state index contributed by atoms with van der Waals surface area (Å²) in [5.74, 6) is -0.142. The van der Waals surface area contributed by atoms with Crippen molar-refractivity contribution in [1.82, 2.24) is 10.3 Å². The summed E-state index contributed by atoms with van der Waals surface area (Å²) < 4.78 is 5.55. The first-order chi connectivity index (χ1) is 9.00. The van der Waals surface area contributed by atoms with E-state index in [4.69, 9.17) is 4.74 Å². The summed E-state index contributed by atoms with van der Waals surface area (Å²) in [6.07, 6.45) is 3.24. The molecule has 106 valence electrons. The van der Waals surface area contributed by atoms with Crippen LogP contribution in [0.25, 0.3) is 0 Å². The number of carbonyl (C=O) groups excluding carboxylic acids is 1. The predicted molar refractivity (Wildman–Crippen MR) is 76.4 cm³/mol. The monoisotopic (exact) mass is 265 g/mol. The Bertz CT molecular complexity index is 419. The summed E-state index contributed by atoms with van der Waals surface area (Å²) in [4.78, 5) is 16.1. The van der Waals surface area contributed by atoms with Crippen LogP contribution in [0.15, 0.2) is 18.5 Å². The van der Waals surface area contributed by atoms with Gasteiger partial charge < -0.3 is 15.4 Å². The fourth-order valence-corrected chi connectivity index (χ4v) is 1.75. The van der Waals surface area contributed by atoms with Crippen molar-refractivity contribution in [3.8, 4) is 0 Å². The lowest BCUT2D eigenvalue weighted by Crippen LogP contribution is -2.40. The quantitative estimate of drug-likeness (QED) is 0.792. The van der Waals surface area contributed by atoms with Gasteiger partial charge >= 0.3 is 0 Å². The highest BCUT2D eigenvalue weighted by atomic mass is 16.5. The lowest BCUT2D eigenvalue weighted by Gasteiger charge is -2.25. The topological polar surface area (TPSA) is 63.2 Å². The van der Waals surface area contributed by atoms with Crippen molar-refractivity contribution < 1.29 is 9.53 Å². The Morgan fingerprint density at radius 2 is 2.16 bits per heavy atom. The van der Waals surface area contributed by atoms with E-state index >= 15 is 0 Å². The van der Waals surface area contributed by atoms with Crippen molar-refractivity contribution >= 4 is 11.6 Å². The van der Waals surface area contributed by atoms with E-state index in [9.17, 15) is 4.79 Å². The molecule has 1 aromatic rings. The third-order valence-electron chi connectivity index (χ3n) is 2.64. The zero-order chi connectivity index (χ0) is 14.3. The molecule has 0 aliphatic carbocycles. The second kappa shape index (κ2) is 7.09. The molecule has 0 saturated carbocycles. The van der Waals surface area contributed by atoms with E-state index in [2.05, 4.69) is 15.6 Å². The van der Waals surface area contributed by atoms with Crippen molar-refractivity contribution in [3.63, 3.8) is 0 Å². The van der Waals surface area contributed by atoms with Crippen molar-refractivity contribution in [2.45, 2.75) is 33.3 Å². The largest absolute Gasteiger partial charge is 0.385 e. The normalized spacial score (nSPS) is 11.2. The molecular weight excluding hydrogens is 242 g/mol. The maximum Gasteiger partial charge on any atom is 0.255 e. The first-order valence-electron chi connectivity index (χ1n) is 6.60. The summed E-state index contributed by atoms with van der Waals surface area (Å²) in [7, 11) is 0. The molecule has 1 heterocycles. The Balaban J connectivity index is 2.68. The number of aromatic nitrogens is 1. The Morgan fingerprint density at radius 3 is 2.79 bits per heavy atom. The van der Waals surface area contributed by atoms with Gasteiger partial charge in [-0.25, -0.2) is 0 Å². The summed E-state index contributed by atoms with van der Waals surface area (Å²) >= 11 is 0. The Labute approximate surface area is 114 Å². The summed E-state index contributed by atoms with van der Waals surface area (Å²) in [5, 5.41) is 6.03. The lowest BCUT2D eigenvalue weighted by molar-refractivity contribution is -0.00815. The van der Waals surface area contributed by atoms with E-state index in [-0.39, 0.29) is 11.5 Å². The van der Waals surface area contributed by atoms with E-state index in [0.29, 0.717) is 18.7 Å². The lowest BCUT2D eigenvalue weighted by atomic mass is 10.1. The second-order valence-corrected chi connectivity index (χ2v) is 4.83. The molecule has 0 radical (unpaired) electrons. The minimum atomic E-state index is -0.370. The summed E-state index contributed by atoms with van der Waals surface area (Å²) in [6, 6.07) is 1.80. The number of amides is 1. The fourth-order valence-electron chi connectivity index (χ4n) is 1.75. The molecule has 0 aliphatic rings. The number of rotatable bonds is 7. The minimum absolute atomic E-state index is 0.142. The van der Waals surface area contributed by atoms with E-state index in [1.807, 2.05) is 27.7 Å². The molecule has 0 spiro atoms. The van der Waals surface area contributed by atoms with Crippen molar-refractivity contribution in [2.75, 3.05) is 25.0 Å². The van der Waals surface area contributed by atoms with E-state index < -0.39 is 0 Å². The number of nitrogens with zero attached hydrogens (tertiary/aromatic N) is 1. The maximum absolute atomic E-state index is 12.1. The number of pyridine rings is 1. The number of anilines is 1. The van der Waals surface area contributed by atoms with Crippen LogP contribution >= 0.6 is 0 Å². The molecular formula is C14H23N3O2. The molecule has 0 fully saturated rings.